The highest BCUT2D eigenvalue weighted by Crippen LogP contribution is 2.39. The Labute approximate surface area is 205 Å². The number of hydrogen-bond acceptors (Lipinski definition) is 4. The van der Waals surface area contributed by atoms with Gasteiger partial charge in [-0.25, -0.2) is 13.2 Å². The molecule has 0 aromatic heterocycles. The standard InChI is InChI=1S/C22H26F3IN4O2S/c1-3-4-9-22(10-5-6-11-22)30-33(31,32)29-20-18(27-2)13-16(24)19(25)21(20)28-17-8-7-14(26)12-15(17)23/h3,7-8,12-13,27-30H,1,4-6,9-11H2,2H3. The lowest BCUT2D eigenvalue weighted by Crippen LogP contribution is -2.48. The molecule has 2 aromatic rings. The van der Waals surface area contributed by atoms with Crippen LogP contribution in [0.15, 0.2) is 36.9 Å². The van der Waals surface area contributed by atoms with E-state index in [1.54, 1.807) is 12.1 Å². The Morgan fingerprint density at radius 3 is 2.39 bits per heavy atom. The number of hydrogen-bond donors (Lipinski definition) is 4. The number of halogens is 4. The molecular weight excluding hydrogens is 568 g/mol. The van der Waals surface area contributed by atoms with Gasteiger partial charge in [0.15, 0.2) is 11.6 Å². The normalized spacial score (nSPS) is 15.3. The minimum Gasteiger partial charge on any atom is -0.386 e. The zero-order chi connectivity index (χ0) is 24.2. The van der Waals surface area contributed by atoms with Crippen molar-refractivity contribution in [1.29, 1.82) is 0 Å². The van der Waals surface area contributed by atoms with Crippen molar-refractivity contribution in [2.24, 2.45) is 0 Å². The Hall–Kier alpha value is -1.99. The summed E-state index contributed by atoms with van der Waals surface area (Å²) in [6.07, 6.45) is 6.03. The van der Waals surface area contributed by atoms with E-state index in [0.29, 0.717) is 29.3 Å². The van der Waals surface area contributed by atoms with Crippen LogP contribution in [0, 0.1) is 21.0 Å². The molecule has 180 valence electrons. The highest BCUT2D eigenvalue weighted by molar-refractivity contribution is 14.1. The molecule has 1 fully saturated rings. The zero-order valence-electron chi connectivity index (χ0n) is 18.1. The van der Waals surface area contributed by atoms with Crippen LogP contribution < -0.4 is 20.1 Å². The Kier molecular flexibility index (Phi) is 8.17. The summed E-state index contributed by atoms with van der Waals surface area (Å²) in [6, 6.07) is 5.00. The number of nitrogens with one attached hydrogen (secondary N) is 4. The maximum absolute atomic E-state index is 14.8. The van der Waals surface area contributed by atoms with Crippen LogP contribution in [-0.4, -0.2) is 21.0 Å². The van der Waals surface area contributed by atoms with E-state index in [-0.39, 0.29) is 17.1 Å². The largest absolute Gasteiger partial charge is 0.386 e. The minimum absolute atomic E-state index is 0.0146. The van der Waals surface area contributed by atoms with E-state index in [0.717, 1.165) is 18.9 Å². The van der Waals surface area contributed by atoms with Gasteiger partial charge in [0.1, 0.15) is 11.5 Å². The Bertz CT molecular complexity index is 1140. The van der Waals surface area contributed by atoms with E-state index >= 15 is 0 Å². The van der Waals surface area contributed by atoms with Crippen LogP contribution in [0.3, 0.4) is 0 Å². The van der Waals surface area contributed by atoms with Gasteiger partial charge < -0.3 is 10.6 Å². The number of rotatable bonds is 10. The van der Waals surface area contributed by atoms with Gasteiger partial charge in [-0.15, -0.1) is 6.58 Å². The molecule has 0 unspecified atom stereocenters. The highest BCUT2D eigenvalue weighted by atomic mass is 127. The third-order valence-electron chi connectivity index (χ3n) is 5.65. The van der Waals surface area contributed by atoms with Crippen LogP contribution in [0.1, 0.15) is 38.5 Å². The predicted molar refractivity (Wildman–Crippen MR) is 135 cm³/mol. The second-order valence-electron chi connectivity index (χ2n) is 7.99. The van der Waals surface area contributed by atoms with E-state index in [2.05, 4.69) is 26.7 Å². The van der Waals surface area contributed by atoms with Gasteiger partial charge in [-0.05, 0) is 66.5 Å². The van der Waals surface area contributed by atoms with E-state index in [4.69, 9.17) is 0 Å². The summed E-state index contributed by atoms with van der Waals surface area (Å²) in [5.74, 6) is -3.26. The molecule has 0 radical (unpaired) electrons. The van der Waals surface area contributed by atoms with Crippen molar-refractivity contribution in [2.75, 3.05) is 22.4 Å². The average Bonchev–Trinajstić information content (AvgIpc) is 3.20. The highest BCUT2D eigenvalue weighted by Gasteiger charge is 2.37. The van der Waals surface area contributed by atoms with Gasteiger partial charge in [-0.2, -0.15) is 13.1 Å². The van der Waals surface area contributed by atoms with Crippen molar-refractivity contribution in [3.63, 3.8) is 0 Å². The van der Waals surface area contributed by atoms with Gasteiger partial charge in [-0.1, -0.05) is 18.9 Å². The maximum Gasteiger partial charge on any atom is 0.299 e. The molecule has 0 atom stereocenters. The summed E-state index contributed by atoms with van der Waals surface area (Å²) < 4.78 is 75.4. The van der Waals surface area contributed by atoms with E-state index in [1.165, 1.54) is 19.2 Å². The lowest BCUT2D eigenvalue weighted by atomic mass is 9.93. The molecule has 6 nitrogen and oxygen atoms in total. The molecule has 0 spiro atoms. The summed E-state index contributed by atoms with van der Waals surface area (Å²) in [5.41, 5.74) is -1.59. The van der Waals surface area contributed by atoms with Crippen molar-refractivity contribution < 1.29 is 21.6 Å². The number of allylic oxidation sites excluding steroid dienone is 1. The average molecular weight is 594 g/mol. The van der Waals surface area contributed by atoms with Crippen molar-refractivity contribution in [2.45, 2.75) is 44.1 Å². The lowest BCUT2D eigenvalue weighted by molar-refractivity contribution is 0.366. The minimum atomic E-state index is -4.20. The molecule has 0 heterocycles. The summed E-state index contributed by atoms with van der Waals surface area (Å²) in [4.78, 5) is 0. The van der Waals surface area contributed by atoms with Gasteiger partial charge in [0.05, 0.1) is 17.1 Å². The molecule has 1 aliphatic carbocycles. The molecule has 1 aliphatic rings. The number of benzene rings is 2. The van der Waals surface area contributed by atoms with Gasteiger partial charge in [0, 0.05) is 22.2 Å². The maximum atomic E-state index is 14.8. The summed E-state index contributed by atoms with van der Waals surface area (Å²) >= 11 is 1.92. The van der Waals surface area contributed by atoms with Crippen molar-refractivity contribution >= 4 is 55.5 Å². The Morgan fingerprint density at radius 2 is 1.79 bits per heavy atom. The number of anilines is 4. The lowest BCUT2D eigenvalue weighted by Gasteiger charge is -2.30. The Balaban J connectivity index is 2.00. The fraction of sp³-hybridized carbons (Fsp3) is 0.364. The van der Waals surface area contributed by atoms with Crippen molar-refractivity contribution in [3.8, 4) is 0 Å². The second-order valence-corrected chi connectivity index (χ2v) is 10.7. The van der Waals surface area contributed by atoms with Crippen LogP contribution in [0.5, 0.6) is 0 Å². The molecule has 33 heavy (non-hydrogen) atoms. The fourth-order valence-corrected chi connectivity index (χ4v) is 5.91. The quantitative estimate of drug-likeness (QED) is 0.201. The SMILES string of the molecule is C=CCCC1(NS(=O)(=O)Nc2c(NC)cc(F)c(F)c2Nc2ccc(I)cc2F)CCCC1. The van der Waals surface area contributed by atoms with Gasteiger partial charge in [0.25, 0.3) is 10.2 Å². The molecular formula is C22H26F3IN4O2S. The molecule has 3 rings (SSSR count). The van der Waals surface area contributed by atoms with E-state index < -0.39 is 38.9 Å². The van der Waals surface area contributed by atoms with E-state index in [1.807, 2.05) is 22.6 Å². The first-order chi connectivity index (χ1) is 15.6. The molecule has 4 N–H and O–H groups in total. The van der Waals surface area contributed by atoms with Crippen molar-refractivity contribution in [3.05, 3.63) is 57.9 Å². The van der Waals surface area contributed by atoms with Crippen LogP contribution in [-0.2, 0) is 10.2 Å². The second kappa shape index (κ2) is 10.5. The topological polar surface area (TPSA) is 82.3 Å². The first kappa shape index (κ1) is 25.6. The Morgan fingerprint density at radius 1 is 1.09 bits per heavy atom. The molecule has 0 saturated heterocycles. The zero-order valence-corrected chi connectivity index (χ0v) is 21.0. The molecule has 0 aliphatic heterocycles. The summed E-state index contributed by atoms with van der Waals surface area (Å²) in [5, 5.41) is 5.17. The third kappa shape index (κ3) is 6.12. The monoisotopic (exact) mass is 594 g/mol. The molecule has 0 amide bonds. The molecule has 1 saturated carbocycles. The van der Waals surface area contributed by atoms with Crippen LogP contribution in [0.4, 0.5) is 35.9 Å². The third-order valence-corrected chi connectivity index (χ3v) is 7.50. The summed E-state index contributed by atoms with van der Waals surface area (Å²) in [7, 11) is -2.76. The summed E-state index contributed by atoms with van der Waals surface area (Å²) in [6.45, 7) is 3.70. The van der Waals surface area contributed by atoms with Crippen molar-refractivity contribution in [1.82, 2.24) is 4.72 Å². The smallest absolute Gasteiger partial charge is 0.299 e. The van der Waals surface area contributed by atoms with Crippen LogP contribution in [0.2, 0.25) is 0 Å². The first-order valence-corrected chi connectivity index (χ1v) is 13.0. The predicted octanol–water partition coefficient (Wildman–Crippen LogP) is 6.02. The first-order valence-electron chi connectivity index (χ1n) is 10.4. The van der Waals surface area contributed by atoms with Crippen LogP contribution in [0.25, 0.3) is 0 Å². The molecule has 11 heteroatoms. The van der Waals surface area contributed by atoms with Gasteiger partial charge in [-0.3, -0.25) is 4.72 Å². The van der Waals surface area contributed by atoms with Crippen LogP contribution >= 0.6 is 22.6 Å². The van der Waals surface area contributed by atoms with E-state index in [9.17, 15) is 21.6 Å². The van der Waals surface area contributed by atoms with Gasteiger partial charge >= 0.3 is 0 Å². The fourth-order valence-electron chi connectivity index (χ4n) is 4.05. The molecule has 2 aromatic carbocycles. The van der Waals surface area contributed by atoms with Gasteiger partial charge in [0.2, 0.25) is 0 Å². The molecule has 0 bridgehead atoms.